The van der Waals surface area contributed by atoms with Crippen molar-refractivity contribution in [2.75, 3.05) is 12.3 Å². The van der Waals surface area contributed by atoms with E-state index < -0.39 is 11.9 Å². The van der Waals surface area contributed by atoms with Crippen molar-refractivity contribution in [2.24, 2.45) is 0 Å². The molecule has 0 spiro atoms. The van der Waals surface area contributed by atoms with Gasteiger partial charge < -0.3 is 21.3 Å². The minimum atomic E-state index is -0.931. The lowest BCUT2D eigenvalue weighted by atomic mass is 10.1. The second-order valence-electron chi connectivity index (χ2n) is 7.35. The third kappa shape index (κ3) is 17.5. The maximum atomic E-state index is 11.2. The predicted molar refractivity (Wildman–Crippen MR) is 120 cm³/mol. The molecule has 0 bridgehead atoms. The van der Waals surface area contributed by atoms with Gasteiger partial charge in [0.2, 0.25) is 5.91 Å². The Morgan fingerprint density at radius 2 is 1.30 bits per heavy atom. The Morgan fingerprint density at radius 1 is 0.800 bits per heavy atom. The van der Waals surface area contributed by atoms with Crippen molar-refractivity contribution < 1.29 is 24.6 Å². The van der Waals surface area contributed by atoms with Crippen LogP contribution in [0.2, 0.25) is 0 Å². The van der Waals surface area contributed by atoms with E-state index in [9.17, 15) is 14.4 Å². The molecule has 1 aromatic carbocycles. The number of carboxylic acid groups (broad SMARTS) is 2. The number of nitrogen functional groups attached to an aromatic ring is 1. The summed E-state index contributed by atoms with van der Waals surface area (Å²) >= 11 is 0. The Bertz CT molecular complexity index is 602. The van der Waals surface area contributed by atoms with Gasteiger partial charge in [-0.05, 0) is 30.7 Å². The van der Waals surface area contributed by atoms with E-state index in [1.165, 1.54) is 63.5 Å². The SMILES string of the molecule is CCCCCCCCCCCCNC(=O)CCC(=O)O.Nc1ccc(C(=O)O)cc1. The molecule has 0 aliphatic heterocycles. The molecule has 0 aliphatic rings. The van der Waals surface area contributed by atoms with Gasteiger partial charge in [-0.15, -0.1) is 0 Å². The second kappa shape index (κ2) is 18.5. The summed E-state index contributed by atoms with van der Waals surface area (Å²) in [7, 11) is 0. The maximum absolute atomic E-state index is 11.2. The van der Waals surface area contributed by atoms with E-state index in [1.54, 1.807) is 12.1 Å². The number of rotatable bonds is 15. The summed E-state index contributed by atoms with van der Waals surface area (Å²) in [6, 6.07) is 6.06. The molecule has 0 aromatic heterocycles. The fraction of sp³-hybridized carbons (Fsp3) is 0.609. The predicted octanol–water partition coefficient (Wildman–Crippen LogP) is 4.86. The number of nitrogens with two attached hydrogens (primary N) is 1. The molecule has 7 heteroatoms. The number of unbranched alkanes of at least 4 members (excludes halogenated alkanes) is 9. The highest BCUT2D eigenvalue weighted by Gasteiger charge is 2.04. The highest BCUT2D eigenvalue weighted by molar-refractivity contribution is 5.87. The van der Waals surface area contributed by atoms with Crippen LogP contribution in [0.3, 0.4) is 0 Å². The number of hydrogen-bond acceptors (Lipinski definition) is 4. The monoisotopic (exact) mass is 422 g/mol. The smallest absolute Gasteiger partial charge is 0.335 e. The second-order valence-corrected chi connectivity index (χ2v) is 7.35. The van der Waals surface area contributed by atoms with Crippen LogP contribution in [0.4, 0.5) is 5.69 Å². The van der Waals surface area contributed by atoms with Crippen molar-refractivity contribution >= 4 is 23.5 Å². The van der Waals surface area contributed by atoms with E-state index in [2.05, 4.69) is 12.2 Å². The van der Waals surface area contributed by atoms with Crippen LogP contribution < -0.4 is 11.1 Å². The first kappa shape index (κ1) is 27.4. The van der Waals surface area contributed by atoms with Crippen molar-refractivity contribution in [3.05, 3.63) is 29.8 Å². The average Bonchev–Trinajstić information content (AvgIpc) is 2.71. The number of aliphatic carboxylic acids is 1. The Hall–Kier alpha value is -2.57. The summed E-state index contributed by atoms with van der Waals surface area (Å²) in [6.07, 6.45) is 12.8. The van der Waals surface area contributed by atoms with Gasteiger partial charge in [-0.25, -0.2) is 4.79 Å². The van der Waals surface area contributed by atoms with Crippen molar-refractivity contribution in [3.63, 3.8) is 0 Å². The molecule has 0 radical (unpaired) electrons. The molecule has 0 saturated carbocycles. The first-order valence-electron chi connectivity index (χ1n) is 10.9. The first-order chi connectivity index (χ1) is 14.4. The quantitative estimate of drug-likeness (QED) is 0.236. The summed E-state index contributed by atoms with van der Waals surface area (Å²) in [5.41, 5.74) is 6.17. The van der Waals surface area contributed by atoms with E-state index in [1.807, 2.05) is 0 Å². The van der Waals surface area contributed by atoms with Gasteiger partial charge in [0.1, 0.15) is 0 Å². The molecule has 1 rings (SSSR count). The van der Waals surface area contributed by atoms with Crippen molar-refractivity contribution in [1.82, 2.24) is 5.32 Å². The van der Waals surface area contributed by atoms with Gasteiger partial charge in [-0.3, -0.25) is 9.59 Å². The lowest BCUT2D eigenvalue weighted by molar-refractivity contribution is -0.138. The van der Waals surface area contributed by atoms with E-state index >= 15 is 0 Å². The van der Waals surface area contributed by atoms with Crippen molar-refractivity contribution in [1.29, 1.82) is 0 Å². The highest BCUT2D eigenvalue weighted by atomic mass is 16.4. The topological polar surface area (TPSA) is 130 Å². The third-order valence-corrected chi connectivity index (χ3v) is 4.58. The molecule has 1 amide bonds. The Balaban J connectivity index is 0.000000696. The zero-order valence-electron chi connectivity index (χ0n) is 18.2. The lowest BCUT2D eigenvalue weighted by Gasteiger charge is -2.04. The van der Waals surface area contributed by atoms with E-state index in [0.717, 1.165) is 12.8 Å². The number of nitrogens with one attached hydrogen (secondary N) is 1. The number of carboxylic acids is 2. The fourth-order valence-corrected chi connectivity index (χ4v) is 2.77. The standard InChI is InChI=1S/C16H31NO3.C7H7NO2/c1-2-3-4-5-6-7-8-9-10-11-14-17-15(18)12-13-16(19)20;8-6-3-1-5(2-4-6)7(9)10/h2-14H2,1H3,(H,17,18)(H,19,20);1-4H,8H2,(H,9,10). The molecule has 5 N–H and O–H groups in total. The van der Waals surface area contributed by atoms with Gasteiger partial charge in [0.05, 0.1) is 12.0 Å². The fourth-order valence-electron chi connectivity index (χ4n) is 2.77. The van der Waals surface area contributed by atoms with E-state index in [4.69, 9.17) is 15.9 Å². The maximum Gasteiger partial charge on any atom is 0.335 e. The van der Waals surface area contributed by atoms with Crippen LogP contribution in [-0.2, 0) is 9.59 Å². The van der Waals surface area contributed by atoms with E-state index in [0.29, 0.717) is 12.2 Å². The minimum absolute atomic E-state index is 0.0795. The number of anilines is 1. The zero-order valence-corrected chi connectivity index (χ0v) is 18.2. The average molecular weight is 423 g/mol. The van der Waals surface area contributed by atoms with Crippen LogP contribution in [0.1, 0.15) is 94.3 Å². The summed E-state index contributed by atoms with van der Waals surface area (Å²) in [6.45, 7) is 2.91. The summed E-state index contributed by atoms with van der Waals surface area (Å²) in [4.78, 5) is 31.8. The molecular weight excluding hydrogens is 384 g/mol. The molecule has 170 valence electrons. The molecule has 0 fully saturated rings. The molecule has 0 unspecified atom stereocenters. The number of amides is 1. The van der Waals surface area contributed by atoms with Gasteiger partial charge in [-0.2, -0.15) is 0 Å². The number of carbonyl (C=O) groups is 3. The molecule has 0 aliphatic carbocycles. The zero-order chi connectivity index (χ0) is 22.6. The van der Waals surface area contributed by atoms with Gasteiger partial charge in [0, 0.05) is 18.7 Å². The number of carbonyl (C=O) groups excluding carboxylic acids is 1. The lowest BCUT2D eigenvalue weighted by Crippen LogP contribution is -2.24. The van der Waals surface area contributed by atoms with Crippen LogP contribution in [0.25, 0.3) is 0 Å². The van der Waals surface area contributed by atoms with Crippen LogP contribution in [-0.4, -0.2) is 34.6 Å². The molecule has 30 heavy (non-hydrogen) atoms. The normalized spacial score (nSPS) is 10.0. The van der Waals surface area contributed by atoms with Crippen LogP contribution >= 0.6 is 0 Å². The molecule has 0 atom stereocenters. The van der Waals surface area contributed by atoms with Gasteiger partial charge >= 0.3 is 11.9 Å². The van der Waals surface area contributed by atoms with Gasteiger partial charge in [-0.1, -0.05) is 64.7 Å². The van der Waals surface area contributed by atoms with Crippen LogP contribution in [0, 0.1) is 0 Å². The Kier molecular flexibility index (Phi) is 16.9. The number of hydrogen-bond donors (Lipinski definition) is 4. The number of benzene rings is 1. The van der Waals surface area contributed by atoms with Gasteiger partial charge in [0.15, 0.2) is 0 Å². The first-order valence-corrected chi connectivity index (χ1v) is 10.9. The third-order valence-electron chi connectivity index (χ3n) is 4.58. The highest BCUT2D eigenvalue weighted by Crippen LogP contribution is 2.10. The van der Waals surface area contributed by atoms with Gasteiger partial charge in [0.25, 0.3) is 0 Å². The largest absolute Gasteiger partial charge is 0.481 e. The van der Waals surface area contributed by atoms with Crippen molar-refractivity contribution in [2.45, 2.75) is 84.0 Å². The number of aromatic carboxylic acids is 1. The summed E-state index contributed by atoms with van der Waals surface area (Å²) < 4.78 is 0. The summed E-state index contributed by atoms with van der Waals surface area (Å²) in [5.74, 6) is -2.00. The molecule has 0 saturated heterocycles. The summed E-state index contributed by atoms with van der Waals surface area (Å²) in [5, 5.41) is 19.6. The Morgan fingerprint density at radius 3 is 1.77 bits per heavy atom. The molecular formula is C23H38N2O5. The molecule has 7 nitrogen and oxygen atoms in total. The Labute approximate surface area is 180 Å². The molecule has 0 heterocycles. The van der Waals surface area contributed by atoms with E-state index in [-0.39, 0.29) is 24.3 Å². The molecule has 1 aromatic rings. The van der Waals surface area contributed by atoms with Crippen LogP contribution in [0.5, 0.6) is 0 Å². The van der Waals surface area contributed by atoms with Crippen LogP contribution in [0.15, 0.2) is 24.3 Å². The van der Waals surface area contributed by atoms with Crippen molar-refractivity contribution in [3.8, 4) is 0 Å². The minimum Gasteiger partial charge on any atom is -0.481 e.